The zero-order chi connectivity index (χ0) is 50.4. The molecule has 0 saturated heterocycles. The Morgan fingerprint density at radius 3 is 1.42 bits per heavy atom. The minimum Gasteiger partial charge on any atom is -0.492 e. The lowest BCUT2D eigenvalue weighted by Gasteiger charge is -2.17. The van der Waals surface area contributed by atoms with E-state index in [0.29, 0.717) is 41.7 Å². The molecule has 69 heavy (non-hydrogen) atoms. The summed E-state index contributed by atoms with van der Waals surface area (Å²) >= 11 is 31.6. The minimum atomic E-state index is -1.65. The number of hydrogen-bond donors (Lipinski definition) is 4. The standard InChI is InChI=1S/C48H45Cl5N8O8/c1-6-68-39-20-28(23-49)14-17-35(39)56-45(64)31-10-8-12-37(41(31)52)58-60-43(26(4)62)47(66)54-30-16-19-34(33(22-30)25(3)51)55-48(67)44(27(5)63)61-59-38-13-9-11-32(42(38)53)46(65)57-36-18-15-29(24-50)21-40(36)69-7-2/h8-22,25,43-44H,6-7,23-24H2,1-5H3,(H,54,66)(H,55,67)(H,56,64)(H,57,65). The number of ether oxygens (including phenoxy) is 2. The summed E-state index contributed by atoms with van der Waals surface area (Å²) in [5.74, 6) is -2.91. The van der Waals surface area contributed by atoms with Gasteiger partial charge in [-0.1, -0.05) is 47.5 Å². The van der Waals surface area contributed by atoms with Gasteiger partial charge in [-0.2, -0.15) is 20.5 Å². The second-order valence-corrected chi connectivity index (χ2v) is 16.8. The van der Waals surface area contributed by atoms with Crippen molar-refractivity contribution in [1.82, 2.24) is 0 Å². The topological polar surface area (TPSA) is 218 Å². The van der Waals surface area contributed by atoms with Crippen molar-refractivity contribution < 1.29 is 38.2 Å². The summed E-state index contributed by atoms with van der Waals surface area (Å²) in [4.78, 5) is 79.2. The van der Waals surface area contributed by atoms with Gasteiger partial charge in [0.1, 0.15) is 22.9 Å². The summed E-state index contributed by atoms with van der Waals surface area (Å²) in [7, 11) is 0. The number of carbonyl (C=O) groups is 6. The highest BCUT2D eigenvalue weighted by molar-refractivity contribution is 6.37. The van der Waals surface area contributed by atoms with E-state index in [9.17, 15) is 28.8 Å². The maximum atomic E-state index is 13.6. The molecule has 0 fully saturated rings. The molecule has 0 aromatic heterocycles. The first-order valence-electron chi connectivity index (χ1n) is 21.0. The van der Waals surface area contributed by atoms with E-state index in [4.69, 9.17) is 67.5 Å². The molecule has 5 aromatic carbocycles. The van der Waals surface area contributed by atoms with Crippen LogP contribution < -0.4 is 30.7 Å². The van der Waals surface area contributed by atoms with Crippen LogP contribution in [0.25, 0.3) is 0 Å². The van der Waals surface area contributed by atoms with Crippen molar-refractivity contribution in [2.75, 3.05) is 34.5 Å². The Hall–Kier alpha value is -6.43. The Labute approximate surface area is 422 Å². The van der Waals surface area contributed by atoms with Crippen LogP contribution >= 0.6 is 58.0 Å². The van der Waals surface area contributed by atoms with Crippen LogP contribution in [0.1, 0.15) is 77.4 Å². The van der Waals surface area contributed by atoms with Crippen molar-refractivity contribution in [2.24, 2.45) is 20.5 Å². The monoisotopic (exact) mass is 1040 g/mol. The smallest absolute Gasteiger partial charge is 0.258 e. The molecular weight excluding hydrogens is 994 g/mol. The molecule has 16 nitrogen and oxygen atoms in total. The number of benzene rings is 5. The molecule has 5 aromatic rings. The maximum Gasteiger partial charge on any atom is 0.258 e. The number of halogens is 5. The van der Waals surface area contributed by atoms with Gasteiger partial charge in [0.15, 0.2) is 11.6 Å². The number of nitrogens with zero attached hydrogens (tertiary/aromatic N) is 4. The zero-order valence-corrected chi connectivity index (χ0v) is 41.4. The third-order valence-electron chi connectivity index (χ3n) is 9.78. The van der Waals surface area contributed by atoms with Gasteiger partial charge in [0.05, 0.1) is 51.1 Å². The molecule has 0 heterocycles. The summed E-state index contributed by atoms with van der Waals surface area (Å²) in [6, 6.07) is 20.1. The van der Waals surface area contributed by atoms with Crippen LogP contribution in [0.2, 0.25) is 10.0 Å². The SMILES string of the molecule is CCOc1cc(CCl)ccc1NC(=O)c1cccc(N=NC(C(C)=O)C(=O)Nc2ccc(NC(=O)C(N=Nc3cccc(C(=O)Nc4ccc(CCl)cc4OCC)c3Cl)C(C)=O)c(C(C)Cl)c2)c1Cl. The third-order valence-corrected chi connectivity index (χ3v) is 11.4. The van der Waals surface area contributed by atoms with Gasteiger partial charge < -0.3 is 30.7 Å². The maximum absolute atomic E-state index is 13.6. The minimum absolute atomic E-state index is 0.00560. The van der Waals surface area contributed by atoms with Gasteiger partial charge in [0.2, 0.25) is 12.1 Å². The lowest BCUT2D eigenvalue weighted by molar-refractivity contribution is -0.127. The van der Waals surface area contributed by atoms with Gasteiger partial charge >= 0.3 is 0 Å². The molecule has 360 valence electrons. The first kappa shape index (κ1) is 53.5. The number of anilines is 4. The van der Waals surface area contributed by atoms with Crippen molar-refractivity contribution in [1.29, 1.82) is 0 Å². The molecule has 0 bridgehead atoms. The Balaban J connectivity index is 1.29. The fourth-order valence-corrected chi connectivity index (χ4v) is 7.36. The number of alkyl halides is 3. The van der Waals surface area contributed by atoms with Crippen LogP contribution in [0.3, 0.4) is 0 Å². The Morgan fingerprint density at radius 2 is 1.01 bits per heavy atom. The third kappa shape index (κ3) is 14.1. The summed E-state index contributed by atoms with van der Waals surface area (Å²) in [5.41, 5.74) is 3.09. The van der Waals surface area contributed by atoms with E-state index in [1.807, 2.05) is 0 Å². The van der Waals surface area contributed by atoms with Crippen LogP contribution in [0, 0.1) is 0 Å². The molecule has 4 amide bonds. The second-order valence-electron chi connectivity index (χ2n) is 14.8. The lowest BCUT2D eigenvalue weighted by Crippen LogP contribution is -2.32. The molecule has 5 rings (SSSR count). The highest BCUT2D eigenvalue weighted by atomic mass is 35.5. The summed E-state index contributed by atoms with van der Waals surface area (Å²) in [6.45, 7) is 8.19. The van der Waals surface area contributed by atoms with Gasteiger partial charge in [-0.05, 0) is 118 Å². The molecule has 0 aliphatic carbocycles. The van der Waals surface area contributed by atoms with Gasteiger partial charge in [-0.15, -0.1) is 34.8 Å². The lowest BCUT2D eigenvalue weighted by atomic mass is 10.1. The molecule has 0 aliphatic heterocycles. The molecule has 4 N–H and O–H groups in total. The molecule has 0 aliphatic rings. The van der Waals surface area contributed by atoms with E-state index in [0.717, 1.165) is 25.0 Å². The fourth-order valence-electron chi connectivity index (χ4n) is 6.35. The van der Waals surface area contributed by atoms with Crippen LogP contribution in [0.15, 0.2) is 111 Å². The number of ketones is 2. The number of Topliss-reactive ketones (excluding diaryl/α,β-unsaturated/α-hetero) is 2. The normalized spacial score (nSPS) is 12.5. The van der Waals surface area contributed by atoms with Gasteiger partial charge in [-0.25, -0.2) is 0 Å². The van der Waals surface area contributed by atoms with Crippen molar-refractivity contribution in [3.05, 3.63) is 129 Å². The summed E-state index contributed by atoms with van der Waals surface area (Å²) in [6.07, 6.45) is 0. The van der Waals surface area contributed by atoms with Crippen molar-refractivity contribution in [3.8, 4) is 11.5 Å². The number of carbonyl (C=O) groups excluding carboxylic acids is 6. The average molecular weight is 1040 g/mol. The van der Waals surface area contributed by atoms with Crippen molar-refractivity contribution >= 4 is 127 Å². The number of nitrogens with one attached hydrogen (secondary N) is 4. The van der Waals surface area contributed by atoms with Crippen LogP contribution in [-0.4, -0.2) is 60.5 Å². The van der Waals surface area contributed by atoms with Crippen LogP contribution in [0.4, 0.5) is 34.1 Å². The first-order valence-corrected chi connectivity index (χ1v) is 23.3. The van der Waals surface area contributed by atoms with E-state index < -0.39 is 52.7 Å². The molecular formula is C48H45Cl5N8O8. The van der Waals surface area contributed by atoms with Gasteiger partial charge in [0, 0.05) is 23.1 Å². The van der Waals surface area contributed by atoms with Crippen LogP contribution in [-0.2, 0) is 30.9 Å². The zero-order valence-electron chi connectivity index (χ0n) is 37.7. The molecule has 0 spiro atoms. The Bertz CT molecular complexity index is 2820. The predicted molar refractivity (Wildman–Crippen MR) is 269 cm³/mol. The quantitative estimate of drug-likeness (QED) is 0.0314. The summed E-state index contributed by atoms with van der Waals surface area (Å²) in [5, 5.41) is 25.9. The van der Waals surface area contributed by atoms with Crippen molar-refractivity contribution in [3.63, 3.8) is 0 Å². The van der Waals surface area contributed by atoms with E-state index in [1.54, 1.807) is 57.2 Å². The van der Waals surface area contributed by atoms with E-state index in [-0.39, 0.29) is 55.7 Å². The number of azo groups is 2. The first-order chi connectivity index (χ1) is 33.0. The van der Waals surface area contributed by atoms with Gasteiger partial charge in [-0.3, -0.25) is 28.8 Å². The molecule has 3 unspecified atom stereocenters. The van der Waals surface area contributed by atoms with E-state index in [2.05, 4.69) is 41.7 Å². The molecule has 0 radical (unpaired) electrons. The van der Waals surface area contributed by atoms with E-state index in [1.165, 1.54) is 54.6 Å². The number of rotatable bonds is 21. The van der Waals surface area contributed by atoms with Gasteiger partial charge in [0.25, 0.3) is 23.6 Å². The Morgan fingerprint density at radius 1 is 0.580 bits per heavy atom. The predicted octanol–water partition coefficient (Wildman–Crippen LogP) is 12.4. The largest absolute Gasteiger partial charge is 0.492 e. The average Bonchev–Trinajstić information content (AvgIpc) is 3.31. The number of amides is 4. The highest BCUT2D eigenvalue weighted by Gasteiger charge is 2.27. The van der Waals surface area contributed by atoms with E-state index >= 15 is 0 Å². The summed E-state index contributed by atoms with van der Waals surface area (Å²) < 4.78 is 11.3. The highest BCUT2D eigenvalue weighted by Crippen LogP contribution is 2.35. The second kappa shape index (κ2) is 25.3. The van der Waals surface area contributed by atoms with Crippen molar-refractivity contribution in [2.45, 2.75) is 63.8 Å². The molecule has 3 atom stereocenters. The Kier molecular flexibility index (Phi) is 19.6. The van der Waals surface area contributed by atoms with Crippen LogP contribution in [0.5, 0.6) is 11.5 Å². The fraction of sp³-hybridized carbons (Fsp3) is 0.250. The number of hydrogen-bond acceptors (Lipinski definition) is 12. The molecule has 0 saturated carbocycles. The molecule has 21 heteroatoms.